The largest absolute Gasteiger partial charge is 0.434 e. The van der Waals surface area contributed by atoms with Crippen LogP contribution in [-0.4, -0.2) is 12.4 Å². The van der Waals surface area contributed by atoms with Gasteiger partial charge in [0.1, 0.15) is 5.52 Å². The lowest BCUT2D eigenvalue weighted by molar-refractivity contribution is 0.534. The Morgan fingerprint density at radius 3 is 2.43 bits per heavy atom. The highest BCUT2D eigenvalue weighted by Crippen LogP contribution is 2.22. The van der Waals surface area contributed by atoms with E-state index in [0.29, 0.717) is 9.00 Å². The van der Waals surface area contributed by atoms with Gasteiger partial charge < -0.3 is 4.42 Å². The molecule has 0 bridgehead atoms. The maximum absolute atomic E-state index is 12.6. The Bertz CT molecular complexity index is 984. The van der Waals surface area contributed by atoms with Crippen molar-refractivity contribution >= 4 is 32.7 Å². The molecule has 21 heavy (non-hydrogen) atoms. The first-order valence-corrected chi connectivity index (χ1v) is 7.85. The standard InChI is InChI=1S/C14H10ClNO4S/c1-9-2-5-11(6-3-9)21(18,19)16-12-8-10(15)4-7-13(12)20-14(16)17/h2-8H,1H3. The molecule has 0 aliphatic heterocycles. The molecule has 0 saturated heterocycles. The number of fused-ring (bicyclic) bond motifs is 1. The van der Waals surface area contributed by atoms with E-state index in [9.17, 15) is 13.2 Å². The van der Waals surface area contributed by atoms with E-state index in [4.69, 9.17) is 16.0 Å². The third-order valence-corrected chi connectivity index (χ3v) is 4.99. The van der Waals surface area contributed by atoms with Crippen LogP contribution in [0, 0.1) is 6.92 Å². The second-order valence-corrected chi connectivity index (χ2v) is 6.79. The number of hydrogen-bond acceptors (Lipinski definition) is 4. The molecule has 3 rings (SSSR count). The van der Waals surface area contributed by atoms with Crippen LogP contribution in [0.5, 0.6) is 0 Å². The highest BCUT2D eigenvalue weighted by molar-refractivity contribution is 7.90. The fraction of sp³-hybridized carbons (Fsp3) is 0.0714. The van der Waals surface area contributed by atoms with Crippen molar-refractivity contribution in [3.05, 3.63) is 63.6 Å². The molecule has 2 aromatic carbocycles. The third kappa shape index (κ3) is 2.26. The molecular formula is C14H10ClNO4S. The summed E-state index contributed by atoms with van der Waals surface area (Å²) in [6.45, 7) is 1.84. The van der Waals surface area contributed by atoms with Gasteiger partial charge in [0.15, 0.2) is 5.58 Å². The zero-order chi connectivity index (χ0) is 15.2. The summed E-state index contributed by atoms with van der Waals surface area (Å²) in [4.78, 5) is 11.9. The van der Waals surface area contributed by atoms with E-state index in [0.717, 1.165) is 5.56 Å². The molecule has 3 aromatic rings. The van der Waals surface area contributed by atoms with Crippen molar-refractivity contribution in [3.63, 3.8) is 0 Å². The maximum Gasteiger partial charge on any atom is 0.434 e. The van der Waals surface area contributed by atoms with Crippen LogP contribution < -0.4 is 5.76 Å². The smallest absolute Gasteiger partial charge is 0.407 e. The van der Waals surface area contributed by atoms with Crippen LogP contribution in [-0.2, 0) is 10.0 Å². The van der Waals surface area contributed by atoms with Gasteiger partial charge in [0.25, 0.3) is 10.0 Å². The summed E-state index contributed by atoms with van der Waals surface area (Å²) in [5, 5.41) is 0.316. The molecule has 0 spiro atoms. The van der Waals surface area contributed by atoms with E-state index < -0.39 is 15.8 Å². The topological polar surface area (TPSA) is 69.3 Å². The summed E-state index contributed by atoms with van der Waals surface area (Å²) >= 11 is 5.86. The van der Waals surface area contributed by atoms with Crippen molar-refractivity contribution in [2.24, 2.45) is 0 Å². The molecule has 1 heterocycles. The van der Waals surface area contributed by atoms with Crippen LogP contribution >= 0.6 is 11.6 Å². The molecule has 0 aliphatic rings. The van der Waals surface area contributed by atoms with Gasteiger partial charge in [-0.15, -0.1) is 0 Å². The SMILES string of the molecule is Cc1ccc(S(=O)(=O)n2c(=O)oc3ccc(Cl)cc32)cc1. The number of halogens is 1. The summed E-state index contributed by atoms with van der Waals surface area (Å²) in [5.41, 5.74) is 1.20. The molecule has 0 fully saturated rings. The minimum absolute atomic E-state index is 0.0119. The van der Waals surface area contributed by atoms with Crippen LogP contribution in [0.3, 0.4) is 0 Å². The molecule has 0 N–H and O–H groups in total. The lowest BCUT2D eigenvalue weighted by atomic mass is 10.2. The Morgan fingerprint density at radius 1 is 1.10 bits per heavy atom. The summed E-state index contributed by atoms with van der Waals surface area (Å²) in [5.74, 6) is -0.965. The summed E-state index contributed by atoms with van der Waals surface area (Å²) < 4.78 is 30.8. The Balaban J connectivity index is 2.33. The van der Waals surface area contributed by atoms with Gasteiger partial charge in [0, 0.05) is 5.02 Å². The zero-order valence-corrected chi connectivity index (χ0v) is 12.5. The van der Waals surface area contributed by atoms with E-state index >= 15 is 0 Å². The van der Waals surface area contributed by atoms with E-state index in [2.05, 4.69) is 0 Å². The van der Waals surface area contributed by atoms with Gasteiger partial charge in [-0.1, -0.05) is 29.3 Å². The van der Waals surface area contributed by atoms with E-state index in [1.165, 1.54) is 30.3 Å². The van der Waals surface area contributed by atoms with Crippen molar-refractivity contribution in [3.8, 4) is 0 Å². The number of rotatable bonds is 2. The van der Waals surface area contributed by atoms with Crippen LogP contribution in [0.1, 0.15) is 5.56 Å². The number of oxazole rings is 1. The minimum Gasteiger partial charge on any atom is -0.407 e. The average Bonchev–Trinajstić information content (AvgIpc) is 2.75. The fourth-order valence-corrected chi connectivity index (χ4v) is 3.50. The molecule has 0 aliphatic carbocycles. The van der Waals surface area contributed by atoms with Crippen LogP contribution in [0.4, 0.5) is 0 Å². The van der Waals surface area contributed by atoms with Crippen molar-refractivity contribution in [2.75, 3.05) is 0 Å². The lowest BCUT2D eigenvalue weighted by Gasteiger charge is -2.05. The molecule has 1 aromatic heterocycles. The molecule has 7 heteroatoms. The number of nitrogens with zero attached hydrogens (tertiary/aromatic N) is 1. The number of aryl methyl sites for hydroxylation is 1. The molecular weight excluding hydrogens is 314 g/mol. The fourth-order valence-electron chi connectivity index (χ4n) is 2.01. The van der Waals surface area contributed by atoms with E-state index in [1.807, 2.05) is 6.92 Å². The highest BCUT2D eigenvalue weighted by Gasteiger charge is 2.24. The van der Waals surface area contributed by atoms with Crippen LogP contribution in [0.2, 0.25) is 5.02 Å². The predicted molar refractivity (Wildman–Crippen MR) is 79.2 cm³/mol. The lowest BCUT2D eigenvalue weighted by Crippen LogP contribution is -2.23. The van der Waals surface area contributed by atoms with Crippen LogP contribution in [0.25, 0.3) is 11.1 Å². The van der Waals surface area contributed by atoms with Gasteiger partial charge in [0.2, 0.25) is 0 Å². The Kier molecular flexibility index (Phi) is 3.15. The molecule has 0 atom stereocenters. The minimum atomic E-state index is -4.03. The van der Waals surface area contributed by atoms with Gasteiger partial charge in [-0.2, -0.15) is 3.97 Å². The van der Waals surface area contributed by atoms with Gasteiger partial charge >= 0.3 is 5.76 Å². The van der Waals surface area contributed by atoms with Gasteiger partial charge in [0.05, 0.1) is 4.90 Å². The Morgan fingerprint density at radius 2 is 1.76 bits per heavy atom. The Labute approximate surface area is 125 Å². The first-order valence-electron chi connectivity index (χ1n) is 6.03. The summed E-state index contributed by atoms with van der Waals surface area (Å²) in [6.07, 6.45) is 0. The summed E-state index contributed by atoms with van der Waals surface area (Å²) in [7, 11) is -4.03. The van der Waals surface area contributed by atoms with Gasteiger partial charge in [-0.25, -0.2) is 13.2 Å². The van der Waals surface area contributed by atoms with Gasteiger partial charge in [-0.3, -0.25) is 0 Å². The molecule has 0 radical (unpaired) electrons. The second-order valence-electron chi connectivity index (χ2n) is 4.56. The highest BCUT2D eigenvalue weighted by atomic mass is 35.5. The van der Waals surface area contributed by atoms with E-state index in [-0.39, 0.29) is 16.0 Å². The van der Waals surface area contributed by atoms with Crippen molar-refractivity contribution < 1.29 is 12.8 Å². The van der Waals surface area contributed by atoms with Crippen molar-refractivity contribution in [1.82, 2.24) is 3.97 Å². The van der Waals surface area contributed by atoms with Gasteiger partial charge in [-0.05, 0) is 37.3 Å². The number of hydrogen-bond donors (Lipinski definition) is 0. The first kappa shape index (κ1) is 13.9. The first-order chi connectivity index (χ1) is 9.89. The van der Waals surface area contributed by atoms with E-state index in [1.54, 1.807) is 12.1 Å². The Hall–Kier alpha value is -2.05. The monoisotopic (exact) mass is 323 g/mol. The van der Waals surface area contributed by atoms with Crippen LogP contribution in [0.15, 0.2) is 56.6 Å². The zero-order valence-electron chi connectivity index (χ0n) is 10.9. The van der Waals surface area contributed by atoms with Crippen molar-refractivity contribution in [1.29, 1.82) is 0 Å². The number of benzene rings is 2. The third-order valence-electron chi connectivity index (χ3n) is 3.06. The average molecular weight is 324 g/mol. The second kappa shape index (κ2) is 4.75. The molecule has 108 valence electrons. The summed E-state index contributed by atoms with van der Waals surface area (Å²) in [6, 6.07) is 10.6. The molecule has 0 unspecified atom stereocenters. The van der Waals surface area contributed by atoms with Crippen molar-refractivity contribution in [2.45, 2.75) is 11.8 Å². The molecule has 5 nitrogen and oxygen atoms in total. The quantitative estimate of drug-likeness (QED) is 0.727. The number of aromatic nitrogens is 1. The normalized spacial score (nSPS) is 11.9. The predicted octanol–water partition coefficient (Wildman–Crippen LogP) is 2.79. The molecule has 0 saturated carbocycles. The maximum atomic E-state index is 12.6. The molecule has 0 amide bonds.